The van der Waals surface area contributed by atoms with E-state index in [1.807, 2.05) is 57.1 Å². The molecule has 0 aromatic carbocycles. The molecule has 0 radical (unpaired) electrons. The summed E-state index contributed by atoms with van der Waals surface area (Å²) in [5, 5.41) is 0. The Hall–Kier alpha value is 0.675. The first-order chi connectivity index (χ1) is 2.91. The van der Waals surface area contributed by atoms with E-state index in [1.54, 1.807) is 0 Å². The maximum atomic E-state index is 2.00. The van der Waals surface area contributed by atoms with Gasteiger partial charge in [-0.15, -0.1) is 0 Å². The molecule has 0 aliphatic carbocycles. The monoisotopic (exact) mass is 66.1 g/mol. The van der Waals surface area contributed by atoms with Gasteiger partial charge in [-0.3, -0.25) is 0 Å². The minimum atomic E-state index is 2.00. The van der Waals surface area contributed by atoms with Crippen molar-refractivity contribution in [3.63, 3.8) is 0 Å². The number of rotatable bonds is 1. The predicted molar refractivity (Wildman–Crippen MR) is 29.8 cm³/mol. The predicted octanol–water partition coefficient (Wildman–Crippen LogP) is 0.351. The number of hydrogen-bond acceptors (Lipinski definition) is 0. The van der Waals surface area contributed by atoms with Crippen LogP contribution in [0.3, 0.4) is 0 Å². The summed E-state index contributed by atoms with van der Waals surface area (Å²) in [6, 6.07) is 0. The fraction of sp³-hybridized carbons (Fsp3) is 0. The van der Waals surface area contributed by atoms with Gasteiger partial charge in [-0.05, 0) is 0 Å². The molecule has 0 saturated heterocycles. The van der Waals surface area contributed by atoms with Gasteiger partial charge < -0.3 is 0 Å². The van der Waals surface area contributed by atoms with E-state index in [4.69, 9.17) is 0 Å². The van der Waals surface area contributed by atoms with E-state index in [-0.39, 0.29) is 0 Å². The molecule has 0 bridgehead atoms. The first-order valence-electron chi connectivity index (χ1n) is 2.15. The van der Waals surface area contributed by atoms with Crippen molar-refractivity contribution in [3.8, 4) is 0 Å². The molecule has 0 aliphatic rings. The van der Waals surface area contributed by atoms with E-state index in [0.29, 0.717) is 0 Å². The van der Waals surface area contributed by atoms with Crippen LogP contribution in [0.1, 0.15) is 0 Å². The Balaban J connectivity index is 3.07. The van der Waals surface area contributed by atoms with Crippen molar-refractivity contribution in [2.75, 3.05) is 0 Å². The SMILES string of the molecule is [Li][CH]=CC=[CH][Li]. The third-order valence-corrected chi connectivity index (χ3v) is 0.496. The third kappa shape index (κ3) is 4.67. The summed E-state index contributed by atoms with van der Waals surface area (Å²) in [6.45, 7) is 0. The standard InChI is InChI=1S/C4H4.2Li/c1-3-4-2;;/h1-4H;;. The molecule has 0 amide bonds. The second-order valence-electron chi connectivity index (χ2n) is 1.05. The Morgan fingerprint density at radius 2 is 1.17 bits per heavy atom. The molecule has 2 heteroatoms. The molecule has 0 nitrogen and oxygen atoms in total. The van der Waals surface area contributed by atoms with Crippen molar-refractivity contribution in [2.45, 2.75) is 0 Å². The molecule has 0 N–H and O–H groups in total. The van der Waals surface area contributed by atoms with E-state index < -0.39 is 0 Å². The molecule has 0 fully saturated rings. The van der Waals surface area contributed by atoms with Gasteiger partial charge in [0.2, 0.25) is 0 Å². The molecule has 0 heterocycles. The Morgan fingerprint density at radius 1 is 0.833 bits per heavy atom. The Labute approximate surface area is 57.1 Å². The summed E-state index contributed by atoms with van der Waals surface area (Å²) < 4.78 is 4.00. The van der Waals surface area contributed by atoms with Crippen LogP contribution >= 0.6 is 0 Å². The maximum absolute atomic E-state index is 2.00. The van der Waals surface area contributed by atoms with Gasteiger partial charge in [-0.2, -0.15) is 0 Å². The van der Waals surface area contributed by atoms with Gasteiger partial charge in [-0.25, -0.2) is 0 Å². The van der Waals surface area contributed by atoms with Crippen molar-refractivity contribution < 1.29 is 0 Å². The summed E-state index contributed by atoms with van der Waals surface area (Å²) in [5.41, 5.74) is 0. The summed E-state index contributed by atoms with van der Waals surface area (Å²) in [4.78, 5) is 0. The van der Waals surface area contributed by atoms with Gasteiger partial charge in [0.1, 0.15) is 0 Å². The molecule has 0 aliphatic heterocycles. The van der Waals surface area contributed by atoms with Crippen molar-refractivity contribution in [3.05, 3.63) is 21.7 Å². The van der Waals surface area contributed by atoms with Gasteiger partial charge in [0.15, 0.2) is 0 Å². The first-order valence-corrected chi connectivity index (χ1v) is 2.15. The zero-order valence-corrected chi connectivity index (χ0v) is 4.31. The molecule has 0 rings (SSSR count). The van der Waals surface area contributed by atoms with Crippen LogP contribution in [0.2, 0.25) is 0 Å². The van der Waals surface area contributed by atoms with E-state index >= 15 is 0 Å². The second kappa shape index (κ2) is 5.67. The molecule has 6 heavy (non-hydrogen) atoms. The van der Waals surface area contributed by atoms with Crippen LogP contribution in [0.15, 0.2) is 21.7 Å². The number of allylic oxidation sites excluding steroid dienone is 2. The van der Waals surface area contributed by atoms with Gasteiger partial charge in [0, 0.05) is 0 Å². The summed E-state index contributed by atoms with van der Waals surface area (Å²) in [6.07, 6.45) is 4.00. The second-order valence-corrected chi connectivity index (χ2v) is 1.05. The fourth-order valence-corrected chi connectivity index (χ4v) is 0.222. The van der Waals surface area contributed by atoms with Crippen molar-refractivity contribution in [1.82, 2.24) is 0 Å². The van der Waals surface area contributed by atoms with Crippen molar-refractivity contribution in [1.29, 1.82) is 0 Å². The fourth-order valence-electron chi connectivity index (χ4n) is 0.222. The van der Waals surface area contributed by atoms with Crippen LogP contribution in [0.25, 0.3) is 0 Å². The topological polar surface area (TPSA) is 0 Å². The molecular weight excluding hydrogens is 61.9 g/mol. The van der Waals surface area contributed by atoms with Gasteiger partial charge in [0.05, 0.1) is 0 Å². The van der Waals surface area contributed by atoms with Crippen LogP contribution in [0, 0.1) is 0 Å². The molecule has 0 aromatic rings. The quantitative estimate of drug-likeness (QED) is 0.306. The van der Waals surface area contributed by atoms with Gasteiger partial charge >= 0.3 is 57.1 Å². The van der Waals surface area contributed by atoms with Crippen LogP contribution < -0.4 is 0 Å². The Morgan fingerprint density at radius 3 is 1.33 bits per heavy atom. The summed E-state index contributed by atoms with van der Waals surface area (Å²) in [5.74, 6) is 0. The summed E-state index contributed by atoms with van der Waals surface area (Å²) in [7, 11) is 0. The Kier molecular flexibility index (Phi) is 6.31. The van der Waals surface area contributed by atoms with Crippen molar-refractivity contribution in [2.24, 2.45) is 0 Å². The van der Waals surface area contributed by atoms with Gasteiger partial charge in [0.25, 0.3) is 0 Å². The van der Waals surface area contributed by atoms with E-state index in [2.05, 4.69) is 0 Å². The molecule has 0 spiro atoms. The minimum absolute atomic E-state index is 2.00. The summed E-state index contributed by atoms with van der Waals surface area (Å²) >= 11 is 4.00. The molecule has 0 aromatic heterocycles. The van der Waals surface area contributed by atoms with Crippen LogP contribution in [0.5, 0.6) is 0 Å². The van der Waals surface area contributed by atoms with Crippen LogP contribution in [-0.4, -0.2) is 35.4 Å². The average Bonchev–Trinajstić information content (AvgIpc) is 1.61. The molecular formula is C4H4Li2. The molecule has 22 valence electrons. The normalized spacial score (nSPS) is 12.0. The Bertz CT molecular complexity index is 53.9. The third-order valence-electron chi connectivity index (χ3n) is 0.496. The molecule has 0 atom stereocenters. The van der Waals surface area contributed by atoms with Crippen LogP contribution in [-0.2, 0) is 0 Å². The van der Waals surface area contributed by atoms with E-state index in [1.165, 1.54) is 0 Å². The molecule has 0 saturated carbocycles. The number of hydrogen-bond donors (Lipinski definition) is 0. The average molecular weight is 66.0 g/mol. The van der Waals surface area contributed by atoms with Gasteiger partial charge in [-0.1, -0.05) is 0 Å². The van der Waals surface area contributed by atoms with Crippen LogP contribution in [0.4, 0.5) is 0 Å². The van der Waals surface area contributed by atoms with E-state index in [9.17, 15) is 0 Å². The van der Waals surface area contributed by atoms with Crippen molar-refractivity contribution >= 4 is 35.4 Å². The molecule has 0 unspecified atom stereocenters. The zero-order valence-electron chi connectivity index (χ0n) is 4.31. The zero-order chi connectivity index (χ0) is 4.83. The van der Waals surface area contributed by atoms with E-state index in [0.717, 1.165) is 0 Å². The first kappa shape index (κ1) is 6.67.